The number of benzene rings is 1. The van der Waals surface area contributed by atoms with Crippen molar-refractivity contribution in [2.75, 3.05) is 44.6 Å². The fourth-order valence-electron chi connectivity index (χ4n) is 3.37. The van der Waals surface area contributed by atoms with Gasteiger partial charge >= 0.3 is 0 Å². The van der Waals surface area contributed by atoms with Crippen LogP contribution in [0, 0.1) is 17.0 Å². The van der Waals surface area contributed by atoms with E-state index >= 15 is 0 Å². The molecule has 1 aromatic heterocycles. The summed E-state index contributed by atoms with van der Waals surface area (Å²) in [6.07, 6.45) is 2.33. The minimum atomic E-state index is -0.415. The van der Waals surface area contributed by atoms with Crippen LogP contribution >= 0.6 is 0 Å². The third-order valence-corrected chi connectivity index (χ3v) is 4.93. The Balaban J connectivity index is 1.34. The fraction of sp³-hybridized carbons (Fsp3) is 0.450. The predicted molar refractivity (Wildman–Crippen MR) is 107 cm³/mol. The van der Waals surface area contributed by atoms with Crippen LogP contribution in [0.25, 0.3) is 0 Å². The molecule has 1 aliphatic rings. The highest BCUT2D eigenvalue weighted by molar-refractivity contribution is 5.48. The third kappa shape index (κ3) is 5.74. The van der Waals surface area contributed by atoms with E-state index in [2.05, 4.69) is 50.4 Å². The summed E-state index contributed by atoms with van der Waals surface area (Å²) < 4.78 is 0. The van der Waals surface area contributed by atoms with Gasteiger partial charge in [-0.25, -0.2) is 4.98 Å². The van der Waals surface area contributed by atoms with Crippen LogP contribution in [0.15, 0.2) is 42.6 Å². The van der Waals surface area contributed by atoms with Gasteiger partial charge < -0.3 is 10.2 Å². The van der Waals surface area contributed by atoms with Crippen LogP contribution in [-0.4, -0.2) is 59.0 Å². The van der Waals surface area contributed by atoms with Crippen molar-refractivity contribution in [2.24, 2.45) is 0 Å². The standard InChI is InChI=1S/C20H27N5O2/c1-17-14-19(25(26)27)15-22-20(17)21-8-5-9-23-10-12-24(13-11-23)16-18-6-3-2-4-7-18/h2-4,6-7,14-15H,5,8-13,16H2,1H3,(H,21,22). The molecule has 1 aromatic carbocycles. The number of nitrogens with one attached hydrogen (secondary N) is 1. The zero-order valence-electron chi connectivity index (χ0n) is 15.8. The number of anilines is 1. The van der Waals surface area contributed by atoms with Crippen molar-refractivity contribution >= 4 is 11.5 Å². The lowest BCUT2D eigenvalue weighted by Gasteiger charge is -2.34. The van der Waals surface area contributed by atoms with E-state index in [1.165, 1.54) is 11.8 Å². The van der Waals surface area contributed by atoms with Crippen molar-refractivity contribution in [3.8, 4) is 0 Å². The first-order chi connectivity index (χ1) is 13.1. The molecule has 0 radical (unpaired) electrons. The molecule has 3 rings (SSSR count). The Morgan fingerprint density at radius 1 is 1.15 bits per heavy atom. The van der Waals surface area contributed by atoms with Gasteiger partial charge in [0.2, 0.25) is 0 Å². The molecule has 0 spiro atoms. The summed E-state index contributed by atoms with van der Waals surface area (Å²) in [6, 6.07) is 12.2. The molecule has 7 heteroatoms. The highest BCUT2D eigenvalue weighted by atomic mass is 16.6. The Labute approximate surface area is 160 Å². The maximum absolute atomic E-state index is 10.8. The predicted octanol–water partition coefficient (Wildman–Crippen LogP) is 2.92. The van der Waals surface area contributed by atoms with Gasteiger partial charge in [-0.3, -0.25) is 15.0 Å². The van der Waals surface area contributed by atoms with Gasteiger partial charge in [-0.15, -0.1) is 0 Å². The van der Waals surface area contributed by atoms with Gasteiger partial charge in [0, 0.05) is 45.3 Å². The molecule has 0 saturated carbocycles. The minimum absolute atomic E-state index is 0.0337. The van der Waals surface area contributed by atoms with Crippen molar-refractivity contribution < 1.29 is 4.92 Å². The molecular formula is C20H27N5O2. The second-order valence-electron chi connectivity index (χ2n) is 7.00. The second-order valence-corrected chi connectivity index (χ2v) is 7.00. The summed E-state index contributed by atoms with van der Waals surface area (Å²) in [5.41, 5.74) is 2.21. The van der Waals surface area contributed by atoms with Crippen LogP contribution in [0.2, 0.25) is 0 Å². The van der Waals surface area contributed by atoms with E-state index in [4.69, 9.17) is 0 Å². The molecule has 2 heterocycles. The van der Waals surface area contributed by atoms with Crippen LogP contribution in [-0.2, 0) is 6.54 Å². The van der Waals surface area contributed by atoms with Crippen molar-refractivity contribution in [2.45, 2.75) is 19.9 Å². The molecular weight excluding hydrogens is 342 g/mol. The van der Waals surface area contributed by atoms with Crippen molar-refractivity contribution in [3.05, 3.63) is 63.8 Å². The van der Waals surface area contributed by atoms with E-state index in [0.717, 1.165) is 63.6 Å². The number of piperazine rings is 1. The monoisotopic (exact) mass is 369 g/mol. The number of aryl methyl sites for hydroxylation is 1. The highest BCUT2D eigenvalue weighted by Gasteiger charge is 2.16. The quantitative estimate of drug-likeness (QED) is 0.438. The smallest absolute Gasteiger partial charge is 0.287 e. The first-order valence-electron chi connectivity index (χ1n) is 9.45. The van der Waals surface area contributed by atoms with E-state index < -0.39 is 4.92 Å². The maximum Gasteiger partial charge on any atom is 0.287 e. The lowest BCUT2D eigenvalue weighted by Crippen LogP contribution is -2.46. The summed E-state index contributed by atoms with van der Waals surface area (Å²) in [6.45, 7) is 9.14. The van der Waals surface area contributed by atoms with E-state index in [1.807, 2.05) is 6.92 Å². The first-order valence-corrected chi connectivity index (χ1v) is 9.45. The molecule has 0 bridgehead atoms. The molecule has 0 atom stereocenters. The highest BCUT2D eigenvalue weighted by Crippen LogP contribution is 2.17. The van der Waals surface area contributed by atoms with Gasteiger partial charge in [-0.05, 0) is 31.0 Å². The van der Waals surface area contributed by atoms with Crippen LogP contribution < -0.4 is 5.32 Å². The Kier molecular flexibility index (Phi) is 6.73. The number of rotatable bonds is 8. The summed E-state index contributed by atoms with van der Waals surface area (Å²) >= 11 is 0. The molecule has 1 saturated heterocycles. The lowest BCUT2D eigenvalue weighted by atomic mass is 10.2. The molecule has 0 amide bonds. The van der Waals surface area contributed by atoms with Crippen LogP contribution in [0.4, 0.5) is 11.5 Å². The number of hydrogen-bond donors (Lipinski definition) is 1. The SMILES string of the molecule is Cc1cc([N+](=O)[O-])cnc1NCCCN1CCN(Cc2ccccc2)CC1. The van der Waals surface area contributed by atoms with Crippen molar-refractivity contribution in [1.29, 1.82) is 0 Å². The zero-order valence-corrected chi connectivity index (χ0v) is 15.8. The topological polar surface area (TPSA) is 74.5 Å². The summed E-state index contributed by atoms with van der Waals surface area (Å²) in [5.74, 6) is 0.730. The molecule has 27 heavy (non-hydrogen) atoms. The van der Waals surface area contributed by atoms with Crippen LogP contribution in [0.1, 0.15) is 17.5 Å². The Morgan fingerprint density at radius 2 is 1.85 bits per heavy atom. The molecule has 1 aliphatic heterocycles. The van der Waals surface area contributed by atoms with Crippen molar-refractivity contribution in [3.63, 3.8) is 0 Å². The third-order valence-electron chi connectivity index (χ3n) is 4.93. The first kappa shape index (κ1) is 19.3. The number of pyridine rings is 1. The fourth-order valence-corrected chi connectivity index (χ4v) is 3.37. The maximum atomic E-state index is 10.8. The normalized spacial score (nSPS) is 15.6. The zero-order chi connectivity index (χ0) is 19.1. The summed E-state index contributed by atoms with van der Waals surface area (Å²) in [5, 5.41) is 14.1. The van der Waals surface area contributed by atoms with Gasteiger partial charge in [-0.1, -0.05) is 30.3 Å². The van der Waals surface area contributed by atoms with Crippen LogP contribution in [0.5, 0.6) is 0 Å². The van der Waals surface area contributed by atoms with Crippen LogP contribution in [0.3, 0.4) is 0 Å². The molecule has 1 N–H and O–H groups in total. The largest absolute Gasteiger partial charge is 0.370 e. The van der Waals surface area contributed by atoms with Gasteiger partial charge in [-0.2, -0.15) is 0 Å². The molecule has 0 aliphatic carbocycles. The summed E-state index contributed by atoms with van der Waals surface area (Å²) in [4.78, 5) is 19.5. The molecule has 7 nitrogen and oxygen atoms in total. The minimum Gasteiger partial charge on any atom is -0.370 e. The van der Waals surface area contributed by atoms with Gasteiger partial charge in [0.15, 0.2) is 0 Å². The average molecular weight is 369 g/mol. The molecule has 2 aromatic rings. The van der Waals surface area contributed by atoms with E-state index in [9.17, 15) is 10.1 Å². The van der Waals surface area contributed by atoms with E-state index in [0.29, 0.717) is 0 Å². The van der Waals surface area contributed by atoms with Gasteiger partial charge in [0.1, 0.15) is 12.0 Å². The Bertz CT molecular complexity index is 745. The Hall–Kier alpha value is -2.51. The van der Waals surface area contributed by atoms with E-state index in [-0.39, 0.29) is 5.69 Å². The molecule has 1 fully saturated rings. The number of nitro groups is 1. The van der Waals surface area contributed by atoms with Crippen molar-refractivity contribution in [1.82, 2.24) is 14.8 Å². The summed E-state index contributed by atoms with van der Waals surface area (Å²) in [7, 11) is 0. The second kappa shape index (κ2) is 9.43. The Morgan fingerprint density at radius 3 is 2.52 bits per heavy atom. The molecule has 144 valence electrons. The number of hydrogen-bond acceptors (Lipinski definition) is 6. The number of aromatic nitrogens is 1. The average Bonchev–Trinajstić information content (AvgIpc) is 2.68. The van der Waals surface area contributed by atoms with Gasteiger partial charge in [0.25, 0.3) is 5.69 Å². The van der Waals surface area contributed by atoms with E-state index in [1.54, 1.807) is 6.07 Å². The van der Waals surface area contributed by atoms with Gasteiger partial charge in [0.05, 0.1) is 4.92 Å². The number of nitrogens with zero attached hydrogens (tertiary/aromatic N) is 4. The lowest BCUT2D eigenvalue weighted by molar-refractivity contribution is -0.385. The molecule has 0 unspecified atom stereocenters.